The topological polar surface area (TPSA) is 108 Å². The zero-order chi connectivity index (χ0) is 16.9. The SMILES string of the molecule is CC(C)C(C)(C#N)NC(=O)CNc1cc(Cl)ccc1C(N)=O. The number of carbonyl (C=O) groups is 2. The first-order valence-electron chi connectivity index (χ1n) is 6.75. The fourth-order valence-electron chi connectivity index (χ4n) is 1.69. The molecule has 0 fully saturated rings. The number of carbonyl (C=O) groups excluding carboxylic acids is 2. The molecular formula is C15H19ClN4O2. The Morgan fingerprint density at radius 3 is 2.59 bits per heavy atom. The van der Waals surface area contributed by atoms with E-state index < -0.39 is 11.4 Å². The van der Waals surface area contributed by atoms with E-state index in [1.807, 2.05) is 13.8 Å². The van der Waals surface area contributed by atoms with Crippen LogP contribution in [0.5, 0.6) is 0 Å². The van der Waals surface area contributed by atoms with E-state index in [0.717, 1.165) is 0 Å². The second kappa shape index (κ2) is 7.14. The Labute approximate surface area is 134 Å². The summed E-state index contributed by atoms with van der Waals surface area (Å²) in [5, 5.41) is 15.1. The molecule has 1 aromatic carbocycles. The van der Waals surface area contributed by atoms with Crippen LogP contribution in [-0.4, -0.2) is 23.9 Å². The molecule has 4 N–H and O–H groups in total. The van der Waals surface area contributed by atoms with Crippen LogP contribution in [-0.2, 0) is 4.79 Å². The quantitative estimate of drug-likeness (QED) is 0.743. The van der Waals surface area contributed by atoms with E-state index in [1.54, 1.807) is 13.0 Å². The fourth-order valence-corrected chi connectivity index (χ4v) is 1.86. The highest BCUT2D eigenvalue weighted by atomic mass is 35.5. The molecule has 0 aliphatic heterocycles. The molecule has 0 aliphatic rings. The van der Waals surface area contributed by atoms with Gasteiger partial charge in [-0.25, -0.2) is 0 Å². The molecule has 0 bridgehead atoms. The molecule has 0 saturated heterocycles. The van der Waals surface area contributed by atoms with Gasteiger partial charge in [0.1, 0.15) is 5.54 Å². The van der Waals surface area contributed by atoms with Crippen LogP contribution >= 0.6 is 11.6 Å². The van der Waals surface area contributed by atoms with Crippen molar-refractivity contribution >= 4 is 29.1 Å². The fraction of sp³-hybridized carbons (Fsp3) is 0.400. The van der Waals surface area contributed by atoms with Crippen molar-refractivity contribution in [2.24, 2.45) is 11.7 Å². The lowest BCUT2D eigenvalue weighted by molar-refractivity contribution is -0.121. The molecule has 1 unspecified atom stereocenters. The van der Waals surface area contributed by atoms with Gasteiger partial charge < -0.3 is 16.4 Å². The molecule has 6 nitrogen and oxygen atoms in total. The third kappa shape index (κ3) is 4.37. The van der Waals surface area contributed by atoms with Gasteiger partial charge in [0.05, 0.1) is 18.2 Å². The van der Waals surface area contributed by atoms with Gasteiger partial charge in [0, 0.05) is 10.7 Å². The number of primary amides is 1. The average Bonchev–Trinajstić information content (AvgIpc) is 2.44. The predicted octanol–water partition coefficient (Wildman–Crippen LogP) is 1.91. The van der Waals surface area contributed by atoms with Crippen molar-refractivity contribution in [1.29, 1.82) is 5.26 Å². The lowest BCUT2D eigenvalue weighted by Crippen LogP contribution is -2.50. The monoisotopic (exact) mass is 322 g/mol. The maximum Gasteiger partial charge on any atom is 0.250 e. The lowest BCUT2D eigenvalue weighted by Gasteiger charge is -2.27. The maximum atomic E-state index is 12.0. The van der Waals surface area contributed by atoms with Crippen LogP contribution < -0.4 is 16.4 Å². The summed E-state index contributed by atoms with van der Waals surface area (Å²) in [6, 6.07) is 6.63. The molecule has 0 heterocycles. The van der Waals surface area contributed by atoms with Crippen molar-refractivity contribution in [2.75, 3.05) is 11.9 Å². The number of benzene rings is 1. The predicted molar refractivity (Wildman–Crippen MR) is 85.5 cm³/mol. The van der Waals surface area contributed by atoms with E-state index in [1.165, 1.54) is 12.1 Å². The van der Waals surface area contributed by atoms with E-state index in [4.69, 9.17) is 17.3 Å². The first-order chi connectivity index (χ1) is 10.2. The standard InChI is InChI=1S/C15H19ClN4O2/c1-9(2)15(3,8-17)20-13(21)7-19-12-6-10(16)4-5-11(12)14(18)22/h4-6,9,19H,7H2,1-3H3,(H2,18,22)(H,20,21). The largest absolute Gasteiger partial charge is 0.375 e. The van der Waals surface area contributed by atoms with Crippen LogP contribution in [0.2, 0.25) is 5.02 Å². The summed E-state index contributed by atoms with van der Waals surface area (Å²) in [6.45, 7) is 5.24. The molecule has 7 heteroatoms. The molecule has 0 aromatic heterocycles. The van der Waals surface area contributed by atoms with Crippen LogP contribution in [0.15, 0.2) is 18.2 Å². The summed E-state index contributed by atoms with van der Waals surface area (Å²) in [4.78, 5) is 23.3. The van der Waals surface area contributed by atoms with Crippen LogP contribution in [0.1, 0.15) is 31.1 Å². The minimum Gasteiger partial charge on any atom is -0.375 e. The molecule has 22 heavy (non-hydrogen) atoms. The molecule has 118 valence electrons. The summed E-state index contributed by atoms with van der Waals surface area (Å²) in [7, 11) is 0. The highest BCUT2D eigenvalue weighted by Crippen LogP contribution is 2.20. The van der Waals surface area contributed by atoms with Crippen LogP contribution in [0.3, 0.4) is 0 Å². The summed E-state index contributed by atoms with van der Waals surface area (Å²) < 4.78 is 0. The molecule has 1 rings (SSSR count). The second-order valence-corrected chi connectivity index (χ2v) is 5.86. The number of amides is 2. The van der Waals surface area contributed by atoms with E-state index in [2.05, 4.69) is 16.7 Å². The Balaban J connectivity index is 2.79. The van der Waals surface area contributed by atoms with Gasteiger partial charge in [-0.3, -0.25) is 9.59 Å². The van der Waals surface area contributed by atoms with Gasteiger partial charge >= 0.3 is 0 Å². The summed E-state index contributed by atoms with van der Waals surface area (Å²) in [5.74, 6) is -1.04. The molecule has 1 atom stereocenters. The van der Waals surface area contributed by atoms with Crippen molar-refractivity contribution in [3.63, 3.8) is 0 Å². The first-order valence-corrected chi connectivity index (χ1v) is 7.13. The molecule has 2 amide bonds. The number of hydrogen-bond acceptors (Lipinski definition) is 4. The molecule has 1 aromatic rings. The van der Waals surface area contributed by atoms with E-state index in [-0.39, 0.29) is 23.9 Å². The number of halogens is 1. The molecular weight excluding hydrogens is 304 g/mol. The van der Waals surface area contributed by atoms with Gasteiger partial charge in [-0.2, -0.15) is 5.26 Å². The summed E-state index contributed by atoms with van der Waals surface area (Å²) >= 11 is 5.87. The van der Waals surface area contributed by atoms with Gasteiger partial charge in [-0.05, 0) is 31.0 Å². The number of nitrogens with zero attached hydrogens (tertiary/aromatic N) is 1. The lowest BCUT2D eigenvalue weighted by atomic mass is 9.90. The van der Waals surface area contributed by atoms with Crippen molar-refractivity contribution in [1.82, 2.24) is 5.32 Å². The van der Waals surface area contributed by atoms with Crippen molar-refractivity contribution in [3.8, 4) is 6.07 Å². The average molecular weight is 323 g/mol. The molecule has 0 spiro atoms. The second-order valence-electron chi connectivity index (χ2n) is 5.42. The van der Waals surface area contributed by atoms with Gasteiger partial charge in [-0.1, -0.05) is 25.4 Å². The van der Waals surface area contributed by atoms with Gasteiger partial charge in [-0.15, -0.1) is 0 Å². The van der Waals surface area contributed by atoms with E-state index in [9.17, 15) is 14.9 Å². The molecule has 0 saturated carbocycles. The molecule has 0 radical (unpaired) electrons. The smallest absolute Gasteiger partial charge is 0.250 e. The first kappa shape index (κ1) is 17.8. The van der Waals surface area contributed by atoms with Gasteiger partial charge in [0.25, 0.3) is 5.91 Å². The Kier molecular flexibility index (Phi) is 5.77. The third-order valence-corrected chi connectivity index (χ3v) is 3.71. The van der Waals surface area contributed by atoms with Crippen LogP contribution in [0.25, 0.3) is 0 Å². The highest BCUT2D eigenvalue weighted by molar-refractivity contribution is 6.31. The summed E-state index contributed by atoms with van der Waals surface area (Å²) in [6.07, 6.45) is 0. The Hall–Kier alpha value is -2.26. The molecule has 0 aliphatic carbocycles. The number of hydrogen-bond donors (Lipinski definition) is 3. The van der Waals surface area contributed by atoms with Crippen LogP contribution in [0, 0.1) is 17.2 Å². The third-order valence-electron chi connectivity index (χ3n) is 3.47. The Morgan fingerprint density at radius 2 is 2.09 bits per heavy atom. The Morgan fingerprint density at radius 1 is 1.45 bits per heavy atom. The normalized spacial score (nSPS) is 13.1. The zero-order valence-corrected chi connectivity index (χ0v) is 13.5. The zero-order valence-electron chi connectivity index (χ0n) is 12.7. The number of rotatable bonds is 6. The van der Waals surface area contributed by atoms with Gasteiger partial charge in [0.15, 0.2) is 0 Å². The van der Waals surface area contributed by atoms with E-state index in [0.29, 0.717) is 10.7 Å². The maximum absolute atomic E-state index is 12.0. The Bertz CT molecular complexity index is 624. The van der Waals surface area contributed by atoms with Crippen molar-refractivity contribution in [3.05, 3.63) is 28.8 Å². The minimum atomic E-state index is -0.959. The number of nitrogens with two attached hydrogens (primary N) is 1. The number of nitrogens with one attached hydrogen (secondary N) is 2. The summed E-state index contributed by atoms with van der Waals surface area (Å²) in [5.41, 5.74) is 4.92. The van der Waals surface area contributed by atoms with Crippen molar-refractivity contribution in [2.45, 2.75) is 26.3 Å². The van der Waals surface area contributed by atoms with Crippen molar-refractivity contribution < 1.29 is 9.59 Å². The van der Waals surface area contributed by atoms with E-state index >= 15 is 0 Å². The van der Waals surface area contributed by atoms with Crippen LogP contribution in [0.4, 0.5) is 5.69 Å². The minimum absolute atomic E-state index is 0.0474. The highest BCUT2D eigenvalue weighted by Gasteiger charge is 2.29. The van der Waals surface area contributed by atoms with Gasteiger partial charge in [0.2, 0.25) is 5.91 Å². The number of nitriles is 1. The number of anilines is 1.